The van der Waals surface area contributed by atoms with Crippen molar-refractivity contribution in [3.05, 3.63) is 59.2 Å². The van der Waals surface area contributed by atoms with Gasteiger partial charge in [0.05, 0.1) is 38.0 Å². The number of anilines is 2. The normalized spacial score (nSPS) is 25.5. The lowest BCUT2D eigenvalue weighted by Gasteiger charge is -2.37. The van der Waals surface area contributed by atoms with Gasteiger partial charge in [0, 0.05) is 42.2 Å². The molecule has 48 heavy (non-hydrogen) atoms. The average Bonchev–Trinajstić information content (AvgIpc) is 3.47. The van der Waals surface area contributed by atoms with Crippen molar-refractivity contribution in [1.29, 1.82) is 0 Å². The van der Waals surface area contributed by atoms with E-state index < -0.39 is 49.6 Å². The summed E-state index contributed by atoms with van der Waals surface area (Å²) in [5.41, 5.74) is 1.00. The second kappa shape index (κ2) is 14.1. The zero-order valence-corrected chi connectivity index (χ0v) is 29.2. The van der Waals surface area contributed by atoms with Gasteiger partial charge in [-0.05, 0) is 68.6 Å². The van der Waals surface area contributed by atoms with Crippen LogP contribution in [-0.2, 0) is 47.2 Å². The van der Waals surface area contributed by atoms with Crippen LogP contribution in [0.3, 0.4) is 0 Å². The Hall–Kier alpha value is -3.65. The van der Waals surface area contributed by atoms with E-state index in [1.54, 1.807) is 48.0 Å². The number of aliphatic hydroxyl groups excluding tert-OH is 2. The summed E-state index contributed by atoms with van der Waals surface area (Å²) in [5, 5.41) is 22.7. The van der Waals surface area contributed by atoms with Crippen molar-refractivity contribution in [2.45, 2.75) is 95.0 Å². The van der Waals surface area contributed by atoms with Gasteiger partial charge in [-0.2, -0.15) is 0 Å². The van der Waals surface area contributed by atoms with E-state index in [0.717, 1.165) is 11.1 Å². The number of aliphatic hydroxyl groups is 2. The second-order valence-electron chi connectivity index (χ2n) is 13.7. The number of carbonyl (C=O) groups is 4. The fourth-order valence-electron chi connectivity index (χ4n) is 7.77. The molecule has 1 fully saturated rings. The third-order valence-corrected chi connectivity index (χ3v) is 12.6. The van der Waals surface area contributed by atoms with Gasteiger partial charge < -0.3 is 38.9 Å². The number of benzene rings is 2. The van der Waals surface area contributed by atoms with E-state index in [9.17, 15) is 29.4 Å². The molecule has 3 aliphatic rings. The molecule has 6 atom stereocenters. The minimum atomic E-state index is -3.59. The fourth-order valence-corrected chi connectivity index (χ4v) is 10.3. The standard InChI is InChI=1S/C35H46FN3O8Si/c1-21-32(48(4,5)36)29(18-30(42)39-19-24-11-7-6-10-23(24)16-26(39)20-40)47-35(21)27-17-25(37-33(44)22(2)41)13-14-28(27)38(34(35)45)15-9-8-12-31(43)46-3/h6-7,10-11,13-14,17,21-22,26,29,32,40-41H,8-9,12,15-16,18-20H2,1-5H3,(H,37,44)/t21-,22-,26-,29+,32-,35+/m0/s1. The summed E-state index contributed by atoms with van der Waals surface area (Å²) in [6.45, 7) is 6.60. The smallest absolute Gasteiger partial charge is 0.305 e. The van der Waals surface area contributed by atoms with Crippen LogP contribution in [0.2, 0.25) is 18.6 Å². The number of ether oxygens (including phenoxy) is 2. The Balaban J connectivity index is 1.50. The van der Waals surface area contributed by atoms with Crippen molar-refractivity contribution < 1.29 is 43.0 Å². The number of methoxy groups -OCH3 is 1. The van der Waals surface area contributed by atoms with Crippen LogP contribution in [0.5, 0.6) is 0 Å². The second-order valence-corrected chi connectivity index (χ2v) is 17.5. The molecule has 2 aromatic carbocycles. The zero-order chi connectivity index (χ0) is 35.0. The molecule has 1 spiro atoms. The van der Waals surface area contributed by atoms with Crippen LogP contribution < -0.4 is 10.2 Å². The molecule has 13 heteroatoms. The van der Waals surface area contributed by atoms with Gasteiger partial charge in [-0.3, -0.25) is 19.2 Å². The number of amides is 3. The average molecular weight is 684 g/mol. The van der Waals surface area contributed by atoms with Gasteiger partial charge in [0.1, 0.15) is 6.10 Å². The predicted molar refractivity (Wildman–Crippen MR) is 179 cm³/mol. The van der Waals surface area contributed by atoms with E-state index in [1.807, 2.05) is 24.3 Å². The molecule has 3 heterocycles. The molecular formula is C35H46FN3O8Si. The van der Waals surface area contributed by atoms with Gasteiger partial charge in [-0.15, -0.1) is 0 Å². The highest BCUT2D eigenvalue weighted by atomic mass is 28.4. The molecule has 5 rings (SSSR count). The van der Waals surface area contributed by atoms with E-state index in [4.69, 9.17) is 9.47 Å². The minimum absolute atomic E-state index is 0.171. The SMILES string of the molecule is COC(=O)CCCCN1C(=O)[C@]2(O[C@H](CC(=O)N3Cc4ccccc4C[C@H]3CO)[C@@H]([Si](C)(C)F)[C@@H]2C)c2cc(NC(=O)[C@H](C)O)ccc21. The van der Waals surface area contributed by atoms with Gasteiger partial charge in [-0.25, -0.2) is 0 Å². The molecule has 11 nitrogen and oxygen atoms in total. The highest BCUT2D eigenvalue weighted by Gasteiger charge is 2.67. The number of carbonyl (C=O) groups excluding carboxylic acids is 4. The first kappa shape index (κ1) is 35.6. The summed E-state index contributed by atoms with van der Waals surface area (Å²) >= 11 is 0. The van der Waals surface area contributed by atoms with Crippen molar-refractivity contribution in [2.24, 2.45) is 5.92 Å². The van der Waals surface area contributed by atoms with Crippen LogP contribution in [0.15, 0.2) is 42.5 Å². The number of unbranched alkanes of at least 4 members (excludes halogenated alkanes) is 1. The summed E-state index contributed by atoms with van der Waals surface area (Å²) in [6.07, 6.45) is -0.722. The molecular weight excluding hydrogens is 637 g/mol. The maximum atomic E-state index is 16.4. The lowest BCUT2D eigenvalue weighted by molar-refractivity contribution is -0.151. The number of rotatable bonds is 11. The number of hydrogen-bond donors (Lipinski definition) is 3. The van der Waals surface area contributed by atoms with Crippen LogP contribution in [0.1, 0.15) is 56.2 Å². The van der Waals surface area contributed by atoms with E-state index in [2.05, 4.69) is 5.32 Å². The fraction of sp³-hybridized carbons (Fsp3) is 0.543. The molecule has 1 saturated heterocycles. The maximum Gasteiger partial charge on any atom is 0.305 e. The molecule has 0 saturated carbocycles. The molecule has 3 aliphatic heterocycles. The quantitative estimate of drug-likeness (QED) is 0.140. The molecule has 3 N–H and O–H groups in total. The van der Waals surface area contributed by atoms with Gasteiger partial charge >= 0.3 is 5.97 Å². The number of esters is 1. The van der Waals surface area contributed by atoms with Crippen LogP contribution in [0.4, 0.5) is 15.5 Å². The first-order valence-electron chi connectivity index (χ1n) is 16.6. The van der Waals surface area contributed by atoms with Gasteiger partial charge in [-0.1, -0.05) is 31.2 Å². The third-order valence-electron chi connectivity index (χ3n) is 10.1. The summed E-state index contributed by atoms with van der Waals surface area (Å²) in [6, 6.07) is 12.3. The number of nitrogens with one attached hydrogen (secondary N) is 1. The number of nitrogens with zero attached hydrogens (tertiary/aromatic N) is 2. The predicted octanol–water partition coefficient (Wildman–Crippen LogP) is 3.81. The topological polar surface area (TPSA) is 146 Å². The third kappa shape index (κ3) is 6.65. The van der Waals surface area contributed by atoms with E-state index >= 15 is 4.11 Å². The van der Waals surface area contributed by atoms with E-state index in [-0.39, 0.29) is 43.8 Å². The van der Waals surface area contributed by atoms with Crippen LogP contribution in [0.25, 0.3) is 0 Å². The van der Waals surface area contributed by atoms with Crippen LogP contribution >= 0.6 is 0 Å². The summed E-state index contributed by atoms with van der Waals surface area (Å²) in [7, 11) is -2.27. The number of halogens is 1. The Morgan fingerprint density at radius 2 is 1.88 bits per heavy atom. The Kier molecular flexibility index (Phi) is 10.4. The molecule has 0 aliphatic carbocycles. The first-order valence-corrected chi connectivity index (χ1v) is 19.5. The lowest BCUT2D eigenvalue weighted by Crippen LogP contribution is -2.48. The minimum Gasteiger partial charge on any atom is -0.469 e. The summed E-state index contributed by atoms with van der Waals surface area (Å²) in [5.74, 6) is -2.33. The van der Waals surface area contributed by atoms with E-state index in [1.165, 1.54) is 14.0 Å². The number of fused-ring (bicyclic) bond motifs is 3. The highest BCUT2D eigenvalue weighted by Crippen LogP contribution is 2.60. The van der Waals surface area contributed by atoms with Crippen molar-refractivity contribution in [3.8, 4) is 0 Å². The Morgan fingerprint density at radius 3 is 2.52 bits per heavy atom. The largest absolute Gasteiger partial charge is 0.469 e. The van der Waals surface area contributed by atoms with Crippen molar-refractivity contribution in [3.63, 3.8) is 0 Å². The van der Waals surface area contributed by atoms with Gasteiger partial charge in [0.25, 0.3) is 11.8 Å². The molecule has 0 radical (unpaired) electrons. The molecule has 260 valence electrons. The molecule has 2 aromatic rings. The Labute approximate surface area is 281 Å². The van der Waals surface area contributed by atoms with Crippen molar-refractivity contribution >= 4 is 43.5 Å². The Bertz CT molecular complexity index is 1560. The maximum absolute atomic E-state index is 16.4. The van der Waals surface area contributed by atoms with Gasteiger partial charge in [0.2, 0.25) is 14.3 Å². The summed E-state index contributed by atoms with van der Waals surface area (Å²) in [4.78, 5) is 56.0. The molecule has 0 unspecified atom stereocenters. The molecule has 0 bridgehead atoms. The monoisotopic (exact) mass is 683 g/mol. The number of hydrogen-bond acceptors (Lipinski definition) is 8. The van der Waals surface area contributed by atoms with Crippen LogP contribution in [-0.4, -0.2) is 85.7 Å². The lowest BCUT2D eigenvalue weighted by atomic mass is 9.82. The zero-order valence-electron chi connectivity index (χ0n) is 28.2. The van der Waals surface area contributed by atoms with Crippen LogP contribution in [0, 0.1) is 5.92 Å². The molecule has 0 aromatic heterocycles. The van der Waals surface area contributed by atoms with Crippen molar-refractivity contribution in [1.82, 2.24) is 4.90 Å². The Morgan fingerprint density at radius 1 is 1.17 bits per heavy atom. The van der Waals surface area contributed by atoms with Crippen molar-refractivity contribution in [2.75, 3.05) is 30.5 Å². The first-order chi connectivity index (χ1) is 22.7. The highest BCUT2D eigenvalue weighted by molar-refractivity contribution is 6.72. The van der Waals surface area contributed by atoms with E-state index in [0.29, 0.717) is 42.7 Å². The molecule has 3 amide bonds. The summed E-state index contributed by atoms with van der Waals surface area (Å²) < 4.78 is 27.9. The van der Waals surface area contributed by atoms with Gasteiger partial charge in [0.15, 0.2) is 5.60 Å².